The fraction of sp³-hybridized carbons (Fsp3) is 0.292. The molecule has 0 saturated carbocycles. The van der Waals surface area contributed by atoms with Gasteiger partial charge in [0.2, 0.25) is 0 Å². The molecule has 3 aromatic rings. The van der Waals surface area contributed by atoms with Gasteiger partial charge in [0.15, 0.2) is 5.76 Å². The molecule has 1 amide bonds. The number of morpholine rings is 1. The van der Waals surface area contributed by atoms with Gasteiger partial charge in [-0.3, -0.25) is 14.7 Å². The average molecular weight is 432 g/mol. The van der Waals surface area contributed by atoms with Crippen LogP contribution in [-0.4, -0.2) is 57.9 Å². The number of aromatic hydroxyl groups is 1. The van der Waals surface area contributed by atoms with Crippen molar-refractivity contribution in [2.45, 2.75) is 19.0 Å². The van der Waals surface area contributed by atoms with Crippen LogP contribution in [0, 0.1) is 0 Å². The summed E-state index contributed by atoms with van der Waals surface area (Å²) in [5.74, 6) is 0.741. The molecule has 32 heavy (non-hydrogen) atoms. The Balaban J connectivity index is 1.42. The van der Waals surface area contributed by atoms with Crippen molar-refractivity contribution in [2.24, 2.45) is 5.10 Å². The maximum atomic E-state index is 13.4. The highest BCUT2D eigenvalue weighted by Gasteiger charge is 2.36. The molecule has 2 aliphatic rings. The molecule has 5 rings (SSSR count). The van der Waals surface area contributed by atoms with Gasteiger partial charge in [0, 0.05) is 43.0 Å². The molecule has 0 aliphatic carbocycles. The number of nitrogens with zero attached hydrogens (tertiary/aromatic N) is 4. The number of ether oxygens (including phenoxy) is 1. The summed E-state index contributed by atoms with van der Waals surface area (Å²) in [6, 6.07) is 13.9. The van der Waals surface area contributed by atoms with Gasteiger partial charge < -0.3 is 14.3 Å². The lowest BCUT2D eigenvalue weighted by molar-refractivity contribution is 0.0309. The van der Waals surface area contributed by atoms with Crippen LogP contribution in [0.2, 0.25) is 0 Å². The van der Waals surface area contributed by atoms with Crippen LogP contribution >= 0.6 is 0 Å². The number of benzene rings is 1. The summed E-state index contributed by atoms with van der Waals surface area (Å²) >= 11 is 0. The Morgan fingerprint density at radius 2 is 1.94 bits per heavy atom. The summed E-state index contributed by atoms with van der Waals surface area (Å²) < 4.78 is 11.3. The van der Waals surface area contributed by atoms with Crippen LogP contribution in [0.15, 0.2) is 70.4 Å². The van der Waals surface area contributed by atoms with Gasteiger partial charge in [0.1, 0.15) is 11.5 Å². The lowest BCUT2D eigenvalue weighted by Gasteiger charge is -2.25. The summed E-state index contributed by atoms with van der Waals surface area (Å²) in [5, 5.41) is 16.5. The van der Waals surface area contributed by atoms with E-state index in [2.05, 4.69) is 15.0 Å². The van der Waals surface area contributed by atoms with E-state index in [9.17, 15) is 9.90 Å². The quantitative estimate of drug-likeness (QED) is 0.666. The first-order valence-corrected chi connectivity index (χ1v) is 10.7. The van der Waals surface area contributed by atoms with Crippen LogP contribution < -0.4 is 0 Å². The van der Waals surface area contributed by atoms with Crippen LogP contribution in [-0.2, 0) is 11.3 Å². The largest absolute Gasteiger partial charge is 0.508 e. The predicted octanol–water partition coefficient (Wildman–Crippen LogP) is 3.20. The SMILES string of the molecule is O=C(c1ccc(CN2CCOCC2)o1)N1N=C(c2cccnc2)CC1c1ccccc1O. The second-order valence-electron chi connectivity index (χ2n) is 7.87. The molecule has 0 bridgehead atoms. The zero-order chi connectivity index (χ0) is 21.9. The van der Waals surface area contributed by atoms with Gasteiger partial charge >= 0.3 is 5.91 Å². The van der Waals surface area contributed by atoms with Gasteiger partial charge in [-0.1, -0.05) is 24.3 Å². The van der Waals surface area contributed by atoms with E-state index in [-0.39, 0.29) is 17.4 Å². The summed E-state index contributed by atoms with van der Waals surface area (Å²) in [6.45, 7) is 3.71. The molecule has 8 nitrogen and oxygen atoms in total. The molecule has 1 aromatic carbocycles. The first kappa shape index (κ1) is 20.4. The molecule has 1 atom stereocenters. The second-order valence-corrected chi connectivity index (χ2v) is 7.87. The molecular weight excluding hydrogens is 408 g/mol. The van der Waals surface area contributed by atoms with Crippen molar-refractivity contribution in [3.8, 4) is 5.75 Å². The van der Waals surface area contributed by atoms with E-state index in [1.807, 2.05) is 30.3 Å². The molecule has 1 N–H and O–H groups in total. The van der Waals surface area contributed by atoms with E-state index < -0.39 is 6.04 Å². The van der Waals surface area contributed by atoms with Crippen molar-refractivity contribution < 1.29 is 19.1 Å². The standard InChI is InChI=1S/C24H24N4O4/c29-22-6-2-1-5-19(22)21-14-20(17-4-3-9-25-15-17)26-28(21)24(30)23-8-7-18(32-23)16-27-10-12-31-13-11-27/h1-9,15,21,29H,10-14,16H2. The third-order valence-electron chi connectivity index (χ3n) is 5.76. The third kappa shape index (κ3) is 4.15. The molecule has 0 radical (unpaired) electrons. The molecule has 164 valence electrons. The Morgan fingerprint density at radius 1 is 1.09 bits per heavy atom. The molecule has 0 spiro atoms. The van der Waals surface area contributed by atoms with Gasteiger partial charge in [-0.15, -0.1) is 0 Å². The fourth-order valence-corrected chi connectivity index (χ4v) is 4.09. The van der Waals surface area contributed by atoms with E-state index in [1.165, 1.54) is 5.01 Å². The van der Waals surface area contributed by atoms with Crippen molar-refractivity contribution in [3.05, 3.63) is 83.6 Å². The zero-order valence-electron chi connectivity index (χ0n) is 17.6. The fourth-order valence-electron chi connectivity index (χ4n) is 4.09. The Kier molecular flexibility index (Phi) is 5.70. The van der Waals surface area contributed by atoms with Crippen molar-refractivity contribution in [3.63, 3.8) is 0 Å². The van der Waals surface area contributed by atoms with Crippen LogP contribution in [0.3, 0.4) is 0 Å². The van der Waals surface area contributed by atoms with Crippen molar-refractivity contribution in [1.82, 2.24) is 14.9 Å². The monoisotopic (exact) mass is 432 g/mol. The maximum Gasteiger partial charge on any atom is 0.310 e. The average Bonchev–Trinajstić information content (AvgIpc) is 3.48. The highest BCUT2D eigenvalue weighted by atomic mass is 16.5. The lowest BCUT2D eigenvalue weighted by Crippen LogP contribution is -2.35. The maximum absolute atomic E-state index is 13.4. The minimum atomic E-state index is -0.438. The predicted molar refractivity (Wildman–Crippen MR) is 117 cm³/mol. The molecule has 4 heterocycles. The Labute approximate surface area is 185 Å². The number of phenols is 1. The number of amides is 1. The number of hydrogen-bond donors (Lipinski definition) is 1. The van der Waals surface area contributed by atoms with E-state index in [4.69, 9.17) is 9.15 Å². The number of hydrazone groups is 1. The first-order valence-electron chi connectivity index (χ1n) is 10.7. The van der Waals surface area contributed by atoms with Crippen LogP contribution in [0.5, 0.6) is 5.75 Å². The number of aromatic nitrogens is 1. The summed E-state index contributed by atoms with van der Waals surface area (Å²) in [6.07, 6.45) is 3.89. The molecule has 1 unspecified atom stereocenters. The van der Waals surface area contributed by atoms with E-state index in [0.717, 1.165) is 30.1 Å². The Bertz CT molecular complexity index is 1120. The van der Waals surface area contributed by atoms with Crippen LogP contribution in [0.25, 0.3) is 0 Å². The molecule has 1 saturated heterocycles. The summed E-state index contributed by atoms with van der Waals surface area (Å²) in [4.78, 5) is 19.8. The topological polar surface area (TPSA) is 91.4 Å². The molecular formula is C24H24N4O4. The second kappa shape index (κ2) is 8.94. The van der Waals surface area contributed by atoms with E-state index in [0.29, 0.717) is 31.7 Å². The molecule has 2 aromatic heterocycles. The van der Waals surface area contributed by atoms with Gasteiger partial charge in [-0.25, -0.2) is 5.01 Å². The normalized spacial score (nSPS) is 19.2. The summed E-state index contributed by atoms with van der Waals surface area (Å²) in [5.41, 5.74) is 2.22. The Hall–Kier alpha value is -3.49. The molecule has 1 fully saturated rings. The number of hydrogen-bond acceptors (Lipinski definition) is 7. The third-order valence-corrected chi connectivity index (χ3v) is 5.76. The van der Waals surface area contributed by atoms with Crippen molar-refractivity contribution in [1.29, 1.82) is 0 Å². The lowest BCUT2D eigenvalue weighted by atomic mass is 9.98. The zero-order valence-corrected chi connectivity index (χ0v) is 17.6. The Morgan fingerprint density at radius 3 is 2.72 bits per heavy atom. The smallest absolute Gasteiger partial charge is 0.310 e. The van der Waals surface area contributed by atoms with Crippen molar-refractivity contribution >= 4 is 11.6 Å². The molecule has 2 aliphatic heterocycles. The number of para-hydroxylation sites is 1. The minimum Gasteiger partial charge on any atom is -0.508 e. The number of furan rings is 1. The number of rotatable bonds is 5. The van der Waals surface area contributed by atoms with Gasteiger partial charge in [-0.05, 0) is 24.3 Å². The number of phenolic OH excluding ortho intramolecular Hbond substituents is 1. The number of carbonyl (C=O) groups excluding carboxylic acids is 1. The molecule has 8 heteroatoms. The van der Waals surface area contributed by atoms with E-state index >= 15 is 0 Å². The first-order chi connectivity index (χ1) is 15.7. The van der Waals surface area contributed by atoms with E-state index in [1.54, 1.807) is 30.6 Å². The van der Waals surface area contributed by atoms with Gasteiger partial charge in [0.05, 0.1) is 31.5 Å². The van der Waals surface area contributed by atoms with Crippen LogP contribution in [0.4, 0.5) is 0 Å². The van der Waals surface area contributed by atoms with Gasteiger partial charge in [-0.2, -0.15) is 5.10 Å². The van der Waals surface area contributed by atoms with Crippen molar-refractivity contribution in [2.75, 3.05) is 26.3 Å². The van der Waals surface area contributed by atoms with Gasteiger partial charge in [0.25, 0.3) is 0 Å². The number of pyridine rings is 1. The highest BCUT2D eigenvalue weighted by Crippen LogP contribution is 2.37. The van der Waals surface area contributed by atoms with Crippen LogP contribution in [0.1, 0.15) is 39.9 Å². The highest BCUT2D eigenvalue weighted by molar-refractivity contribution is 6.04. The number of carbonyl (C=O) groups is 1. The minimum absolute atomic E-state index is 0.130. The summed E-state index contributed by atoms with van der Waals surface area (Å²) in [7, 11) is 0.